The molecule has 0 aromatic carbocycles. The molecule has 2 atom stereocenters. The first kappa shape index (κ1) is 19.0. The van der Waals surface area contributed by atoms with Gasteiger partial charge in [0, 0.05) is 22.6 Å². The third kappa shape index (κ3) is 7.27. The average molecular weight is 340 g/mol. The molecule has 1 rings (SSSR count). The van der Waals surface area contributed by atoms with Gasteiger partial charge in [-0.25, -0.2) is 4.98 Å². The summed E-state index contributed by atoms with van der Waals surface area (Å²) in [5.74, 6) is 1.79. The summed E-state index contributed by atoms with van der Waals surface area (Å²) in [5, 5.41) is 1.02. The predicted molar refractivity (Wildman–Crippen MR) is 96.4 cm³/mol. The highest BCUT2D eigenvalue weighted by atomic mass is 32.2. The van der Waals surface area contributed by atoms with Gasteiger partial charge in [0.25, 0.3) is 0 Å². The highest BCUT2D eigenvalue weighted by molar-refractivity contribution is 8.00. The first-order chi connectivity index (χ1) is 10.7. The van der Waals surface area contributed by atoms with E-state index in [1.165, 1.54) is 17.4 Å². The molecule has 0 fully saturated rings. The summed E-state index contributed by atoms with van der Waals surface area (Å²) in [7, 11) is 0. The van der Waals surface area contributed by atoms with Gasteiger partial charge in [-0.3, -0.25) is 0 Å². The van der Waals surface area contributed by atoms with Gasteiger partial charge < -0.3 is 9.47 Å². The molecule has 0 aliphatic carbocycles. The van der Waals surface area contributed by atoms with Crippen molar-refractivity contribution in [1.82, 2.24) is 4.98 Å². The number of rotatable bonds is 12. The number of nitrogens with zero attached hydrogens (tertiary/aromatic N) is 1. The molecule has 0 spiro atoms. The van der Waals surface area contributed by atoms with Gasteiger partial charge in [-0.15, -0.1) is 23.5 Å². The maximum atomic E-state index is 5.46. The molecular formula is C17H25NO2S2. The van der Waals surface area contributed by atoms with Crippen molar-refractivity contribution in [2.75, 3.05) is 11.5 Å². The second-order valence-corrected chi connectivity index (χ2v) is 6.75. The molecule has 22 heavy (non-hydrogen) atoms. The minimum atomic E-state index is 0.186. The minimum Gasteiger partial charge on any atom is -0.498 e. The van der Waals surface area contributed by atoms with Crippen LogP contribution in [-0.4, -0.2) is 28.7 Å². The van der Waals surface area contributed by atoms with Gasteiger partial charge in [-0.05, 0) is 25.0 Å². The Morgan fingerprint density at radius 2 is 1.68 bits per heavy atom. The van der Waals surface area contributed by atoms with Crippen LogP contribution in [0.5, 0.6) is 0 Å². The SMILES string of the molecule is C=COC(CC)CSc1ccnc(SCC(CC)OC=C)c1. The zero-order valence-corrected chi connectivity index (χ0v) is 15.0. The van der Waals surface area contributed by atoms with Crippen LogP contribution >= 0.6 is 23.5 Å². The lowest BCUT2D eigenvalue weighted by atomic mass is 10.3. The van der Waals surface area contributed by atoms with Gasteiger partial charge in [-0.1, -0.05) is 27.0 Å². The second kappa shape index (κ2) is 11.5. The summed E-state index contributed by atoms with van der Waals surface area (Å²) in [6.07, 6.45) is 7.22. The number of ether oxygens (including phenoxy) is 2. The molecule has 5 heteroatoms. The highest BCUT2D eigenvalue weighted by Crippen LogP contribution is 2.25. The maximum Gasteiger partial charge on any atom is 0.107 e. The molecule has 0 saturated carbocycles. The third-order valence-corrected chi connectivity index (χ3v) is 5.23. The standard InChI is InChI=1S/C17H25NO2S2/c1-5-14(19-7-3)12-21-16-9-10-18-17(11-16)22-13-15(6-2)20-8-4/h7-11,14-15H,3-6,12-13H2,1-2H3. The summed E-state index contributed by atoms with van der Waals surface area (Å²) in [6.45, 7) is 11.5. The molecule has 1 aromatic heterocycles. The van der Waals surface area contributed by atoms with Gasteiger partial charge in [0.1, 0.15) is 12.2 Å². The Morgan fingerprint density at radius 1 is 1.09 bits per heavy atom. The van der Waals surface area contributed by atoms with Crippen LogP contribution in [0.15, 0.2) is 53.9 Å². The number of thioether (sulfide) groups is 2. The van der Waals surface area contributed by atoms with Gasteiger partial charge >= 0.3 is 0 Å². The fourth-order valence-electron chi connectivity index (χ4n) is 1.71. The molecule has 0 amide bonds. The van der Waals surface area contributed by atoms with Crippen molar-refractivity contribution >= 4 is 23.5 Å². The molecule has 0 aliphatic rings. The molecule has 0 saturated heterocycles. The Kier molecular flexibility index (Phi) is 9.91. The smallest absolute Gasteiger partial charge is 0.107 e. The molecule has 2 unspecified atom stereocenters. The second-order valence-electron chi connectivity index (χ2n) is 4.62. The summed E-state index contributed by atoms with van der Waals surface area (Å²) >= 11 is 3.50. The van der Waals surface area contributed by atoms with Crippen molar-refractivity contribution in [3.05, 3.63) is 44.0 Å². The minimum absolute atomic E-state index is 0.186. The number of pyridine rings is 1. The normalized spacial score (nSPS) is 13.2. The molecule has 0 bridgehead atoms. The van der Waals surface area contributed by atoms with E-state index in [2.05, 4.69) is 38.1 Å². The lowest BCUT2D eigenvalue weighted by molar-refractivity contribution is 0.163. The fourth-order valence-corrected chi connectivity index (χ4v) is 3.84. The molecule has 1 aromatic rings. The van der Waals surface area contributed by atoms with Crippen LogP contribution in [0.1, 0.15) is 26.7 Å². The van der Waals surface area contributed by atoms with Crippen LogP contribution in [0.2, 0.25) is 0 Å². The van der Waals surface area contributed by atoms with Gasteiger partial charge in [0.05, 0.1) is 17.6 Å². The van der Waals surface area contributed by atoms with Crippen molar-refractivity contribution in [2.24, 2.45) is 0 Å². The fraction of sp³-hybridized carbons (Fsp3) is 0.471. The van der Waals surface area contributed by atoms with Gasteiger partial charge in [0.15, 0.2) is 0 Å². The number of hydrogen-bond donors (Lipinski definition) is 0. The summed E-state index contributed by atoms with van der Waals surface area (Å²) in [4.78, 5) is 5.62. The monoisotopic (exact) mass is 339 g/mol. The molecule has 0 aliphatic heterocycles. The van der Waals surface area contributed by atoms with Crippen LogP contribution in [0.4, 0.5) is 0 Å². The van der Waals surface area contributed by atoms with Crippen LogP contribution in [-0.2, 0) is 9.47 Å². The topological polar surface area (TPSA) is 31.4 Å². The van der Waals surface area contributed by atoms with Crippen molar-refractivity contribution in [3.8, 4) is 0 Å². The summed E-state index contributed by atoms with van der Waals surface area (Å²) in [5.41, 5.74) is 0. The van der Waals surface area contributed by atoms with E-state index in [1.54, 1.807) is 23.5 Å². The van der Waals surface area contributed by atoms with Gasteiger partial charge in [0.2, 0.25) is 0 Å². The van der Waals surface area contributed by atoms with Crippen molar-refractivity contribution in [1.29, 1.82) is 0 Å². The van der Waals surface area contributed by atoms with Crippen molar-refractivity contribution < 1.29 is 9.47 Å². The Morgan fingerprint density at radius 3 is 2.23 bits per heavy atom. The Bertz CT molecular complexity index is 417. The highest BCUT2D eigenvalue weighted by Gasteiger charge is 2.09. The van der Waals surface area contributed by atoms with Crippen molar-refractivity contribution in [2.45, 2.75) is 48.8 Å². The van der Waals surface area contributed by atoms with E-state index in [9.17, 15) is 0 Å². The Hall–Kier alpha value is -1.07. The molecular weight excluding hydrogens is 314 g/mol. The zero-order valence-electron chi connectivity index (χ0n) is 13.4. The molecule has 0 N–H and O–H groups in total. The summed E-state index contributed by atoms with van der Waals surface area (Å²) in [6, 6.07) is 4.16. The predicted octanol–water partition coefficient (Wildman–Crippen LogP) is 5.14. The molecule has 122 valence electrons. The van der Waals surface area contributed by atoms with Crippen LogP contribution in [0, 0.1) is 0 Å². The zero-order chi connectivity index (χ0) is 16.2. The lowest BCUT2D eigenvalue weighted by Gasteiger charge is -2.15. The average Bonchev–Trinajstić information content (AvgIpc) is 2.55. The number of aromatic nitrogens is 1. The largest absolute Gasteiger partial charge is 0.498 e. The van der Waals surface area contributed by atoms with E-state index >= 15 is 0 Å². The lowest BCUT2D eigenvalue weighted by Crippen LogP contribution is -2.11. The van der Waals surface area contributed by atoms with E-state index < -0.39 is 0 Å². The van der Waals surface area contributed by atoms with E-state index in [0.29, 0.717) is 0 Å². The Balaban J connectivity index is 2.50. The molecule has 0 radical (unpaired) electrons. The van der Waals surface area contributed by atoms with E-state index in [1.807, 2.05) is 12.3 Å². The Labute approximate surface area is 142 Å². The molecule has 1 heterocycles. The van der Waals surface area contributed by atoms with Crippen LogP contribution < -0.4 is 0 Å². The first-order valence-corrected chi connectivity index (χ1v) is 9.44. The quantitative estimate of drug-likeness (QED) is 0.388. The molecule has 3 nitrogen and oxygen atoms in total. The van der Waals surface area contributed by atoms with E-state index in [0.717, 1.165) is 29.4 Å². The summed E-state index contributed by atoms with van der Waals surface area (Å²) < 4.78 is 10.9. The third-order valence-electron chi connectivity index (χ3n) is 3.05. The maximum absolute atomic E-state index is 5.46. The van der Waals surface area contributed by atoms with E-state index in [-0.39, 0.29) is 12.2 Å². The van der Waals surface area contributed by atoms with E-state index in [4.69, 9.17) is 9.47 Å². The van der Waals surface area contributed by atoms with Crippen LogP contribution in [0.3, 0.4) is 0 Å². The first-order valence-electron chi connectivity index (χ1n) is 7.47. The van der Waals surface area contributed by atoms with Crippen molar-refractivity contribution in [3.63, 3.8) is 0 Å². The van der Waals surface area contributed by atoms with Gasteiger partial charge in [-0.2, -0.15) is 0 Å². The van der Waals surface area contributed by atoms with Crippen LogP contribution in [0.25, 0.3) is 0 Å². The number of hydrogen-bond acceptors (Lipinski definition) is 5.